The van der Waals surface area contributed by atoms with Gasteiger partial charge in [-0.25, -0.2) is 4.98 Å². The van der Waals surface area contributed by atoms with Crippen molar-refractivity contribution in [3.05, 3.63) is 47.6 Å². The highest BCUT2D eigenvalue weighted by Crippen LogP contribution is 2.27. The summed E-state index contributed by atoms with van der Waals surface area (Å²) in [6, 6.07) is 11.6. The van der Waals surface area contributed by atoms with Crippen molar-refractivity contribution in [3.63, 3.8) is 0 Å². The Morgan fingerprint density at radius 1 is 1.10 bits per heavy atom. The summed E-state index contributed by atoms with van der Waals surface area (Å²) in [6.45, 7) is 2.70. The molecule has 2 N–H and O–H groups in total. The number of carbonyl (C=O) groups is 2. The van der Waals surface area contributed by atoms with Crippen LogP contribution in [0.15, 0.2) is 46.9 Å². The highest BCUT2D eigenvalue weighted by Gasteiger charge is 2.16. The predicted molar refractivity (Wildman–Crippen MR) is 120 cm³/mol. The normalized spacial score (nSPS) is 11.0. The maximum absolute atomic E-state index is 12.2. The van der Waals surface area contributed by atoms with E-state index in [-0.39, 0.29) is 24.0 Å². The zero-order chi connectivity index (χ0) is 21.8. The first kappa shape index (κ1) is 21.1. The summed E-state index contributed by atoms with van der Waals surface area (Å²) < 4.78 is 3.84. The van der Waals surface area contributed by atoms with Crippen molar-refractivity contribution < 1.29 is 9.59 Å². The molecule has 4 rings (SSSR count). The van der Waals surface area contributed by atoms with Gasteiger partial charge in [0.25, 0.3) is 0 Å². The molecule has 0 unspecified atom stereocenters. The van der Waals surface area contributed by atoms with Crippen LogP contribution in [0.3, 0.4) is 0 Å². The van der Waals surface area contributed by atoms with Crippen molar-refractivity contribution in [1.82, 2.24) is 35.2 Å². The first-order valence-electron chi connectivity index (χ1n) is 9.64. The number of benzene rings is 1. The standard InChI is InChI=1S/C20H21N7O2S2/c1-3-27-19(15-9-6-10-30-15)24-25-20(27)31-12-18(29)23-22-17(28)11-16-21-13-7-4-5-8-14(13)26(16)2/h4-10H,3,11-12H2,1-2H3,(H,22,28)(H,23,29). The third-order valence-electron chi connectivity index (χ3n) is 4.65. The van der Waals surface area contributed by atoms with Crippen LogP contribution < -0.4 is 10.9 Å². The molecule has 0 fully saturated rings. The molecule has 1 aromatic carbocycles. The van der Waals surface area contributed by atoms with E-state index >= 15 is 0 Å². The number of hydrogen-bond acceptors (Lipinski definition) is 7. The van der Waals surface area contributed by atoms with Crippen molar-refractivity contribution in [2.75, 3.05) is 5.75 Å². The third kappa shape index (κ3) is 4.62. The predicted octanol–water partition coefficient (Wildman–Crippen LogP) is 2.40. The van der Waals surface area contributed by atoms with Gasteiger partial charge in [-0.15, -0.1) is 21.5 Å². The van der Waals surface area contributed by atoms with E-state index in [2.05, 4.69) is 26.0 Å². The van der Waals surface area contributed by atoms with Gasteiger partial charge in [-0.3, -0.25) is 20.4 Å². The van der Waals surface area contributed by atoms with Gasteiger partial charge >= 0.3 is 0 Å². The fourth-order valence-corrected chi connectivity index (χ4v) is 4.64. The summed E-state index contributed by atoms with van der Waals surface area (Å²) in [7, 11) is 1.86. The van der Waals surface area contributed by atoms with Gasteiger partial charge in [-0.2, -0.15) is 0 Å². The number of fused-ring (bicyclic) bond motifs is 1. The second-order valence-electron chi connectivity index (χ2n) is 6.67. The SMILES string of the molecule is CCn1c(SCC(=O)NNC(=O)Cc2nc3ccccc3n2C)nnc1-c1cccs1. The maximum atomic E-state index is 12.2. The van der Waals surface area contributed by atoms with Crippen LogP contribution >= 0.6 is 23.1 Å². The molecular formula is C20H21N7O2S2. The molecule has 11 heteroatoms. The number of aryl methyl sites for hydroxylation is 1. The Labute approximate surface area is 186 Å². The van der Waals surface area contributed by atoms with Gasteiger partial charge in [-0.05, 0) is 30.5 Å². The van der Waals surface area contributed by atoms with Gasteiger partial charge in [0.1, 0.15) is 5.82 Å². The van der Waals surface area contributed by atoms with E-state index in [1.807, 2.05) is 64.9 Å². The van der Waals surface area contributed by atoms with E-state index in [4.69, 9.17) is 0 Å². The summed E-state index contributed by atoms with van der Waals surface area (Å²) in [6.07, 6.45) is 0.0624. The monoisotopic (exact) mass is 455 g/mol. The number of nitrogens with zero attached hydrogens (tertiary/aromatic N) is 5. The molecule has 0 radical (unpaired) electrons. The molecule has 160 valence electrons. The van der Waals surface area contributed by atoms with Crippen LogP contribution in [-0.2, 0) is 29.6 Å². The van der Waals surface area contributed by atoms with Gasteiger partial charge in [0.05, 0.1) is 28.1 Å². The summed E-state index contributed by atoms with van der Waals surface area (Å²) in [4.78, 5) is 29.9. The first-order valence-corrected chi connectivity index (χ1v) is 11.5. The van der Waals surface area contributed by atoms with Gasteiger partial charge in [0.15, 0.2) is 11.0 Å². The number of imidazole rings is 1. The Kier molecular flexibility index (Phi) is 6.33. The third-order valence-corrected chi connectivity index (χ3v) is 6.48. The van der Waals surface area contributed by atoms with E-state index in [1.165, 1.54) is 11.8 Å². The number of thioether (sulfide) groups is 1. The molecule has 0 aliphatic rings. The second kappa shape index (κ2) is 9.31. The molecule has 0 aliphatic carbocycles. The van der Waals surface area contributed by atoms with Crippen molar-refractivity contribution >= 4 is 45.9 Å². The van der Waals surface area contributed by atoms with Crippen LogP contribution in [0.25, 0.3) is 21.7 Å². The van der Waals surface area contributed by atoms with E-state index in [9.17, 15) is 9.59 Å². The Morgan fingerprint density at radius 2 is 1.90 bits per heavy atom. The number of carbonyl (C=O) groups excluding carboxylic acids is 2. The average molecular weight is 456 g/mol. The van der Waals surface area contributed by atoms with Crippen LogP contribution in [0.1, 0.15) is 12.7 Å². The first-order chi connectivity index (χ1) is 15.1. The van der Waals surface area contributed by atoms with Crippen molar-refractivity contribution in [1.29, 1.82) is 0 Å². The smallest absolute Gasteiger partial charge is 0.248 e. The molecule has 0 bridgehead atoms. The van der Waals surface area contributed by atoms with Gasteiger partial charge in [-0.1, -0.05) is 30.0 Å². The Hall–Kier alpha value is -3.18. The summed E-state index contributed by atoms with van der Waals surface area (Å²) in [5, 5.41) is 11.1. The Morgan fingerprint density at radius 3 is 2.65 bits per heavy atom. The molecular weight excluding hydrogens is 434 g/mol. The van der Waals surface area contributed by atoms with Crippen LogP contribution in [0, 0.1) is 0 Å². The van der Waals surface area contributed by atoms with Gasteiger partial charge in [0.2, 0.25) is 11.8 Å². The molecule has 2 amide bonds. The Balaban J connectivity index is 1.29. The highest BCUT2D eigenvalue weighted by molar-refractivity contribution is 7.99. The summed E-state index contributed by atoms with van der Waals surface area (Å²) >= 11 is 2.86. The van der Waals surface area contributed by atoms with E-state index in [0.717, 1.165) is 21.7 Å². The lowest BCUT2D eigenvalue weighted by molar-refractivity contribution is -0.127. The molecule has 0 spiro atoms. The average Bonchev–Trinajstić information content (AvgIpc) is 3.50. The molecule has 0 saturated carbocycles. The minimum Gasteiger partial charge on any atom is -0.331 e. The van der Waals surface area contributed by atoms with Crippen LogP contribution in [0.5, 0.6) is 0 Å². The van der Waals surface area contributed by atoms with Crippen LogP contribution in [-0.4, -0.2) is 41.9 Å². The lowest BCUT2D eigenvalue weighted by Crippen LogP contribution is -2.43. The number of hydrogen-bond donors (Lipinski definition) is 2. The summed E-state index contributed by atoms with van der Waals surface area (Å²) in [5.74, 6) is 0.852. The molecule has 3 aromatic heterocycles. The topological polar surface area (TPSA) is 107 Å². The highest BCUT2D eigenvalue weighted by atomic mass is 32.2. The Bertz CT molecular complexity index is 1210. The molecule has 9 nitrogen and oxygen atoms in total. The van der Waals surface area contributed by atoms with E-state index < -0.39 is 0 Å². The summed E-state index contributed by atoms with van der Waals surface area (Å²) in [5.41, 5.74) is 6.68. The molecule has 0 saturated heterocycles. The number of aromatic nitrogens is 5. The van der Waals surface area contributed by atoms with Gasteiger partial charge in [0, 0.05) is 13.6 Å². The van der Waals surface area contributed by atoms with E-state index in [0.29, 0.717) is 17.5 Å². The molecule has 0 aliphatic heterocycles. The fraction of sp³-hybridized carbons (Fsp3) is 0.250. The number of amides is 2. The van der Waals surface area contributed by atoms with Crippen molar-refractivity contribution in [3.8, 4) is 10.7 Å². The minimum atomic E-state index is -0.339. The molecule has 0 atom stereocenters. The maximum Gasteiger partial charge on any atom is 0.248 e. The minimum absolute atomic E-state index is 0.0624. The fourth-order valence-electron chi connectivity index (χ4n) is 3.12. The quantitative estimate of drug-likeness (QED) is 0.327. The van der Waals surface area contributed by atoms with Gasteiger partial charge < -0.3 is 9.13 Å². The largest absolute Gasteiger partial charge is 0.331 e. The molecule has 4 aromatic rings. The number of thiophene rings is 1. The van der Waals surface area contributed by atoms with Crippen LogP contribution in [0.2, 0.25) is 0 Å². The van der Waals surface area contributed by atoms with E-state index in [1.54, 1.807) is 11.3 Å². The van der Waals surface area contributed by atoms with Crippen molar-refractivity contribution in [2.45, 2.75) is 25.0 Å². The van der Waals surface area contributed by atoms with Crippen LogP contribution in [0.4, 0.5) is 0 Å². The van der Waals surface area contributed by atoms with Crippen molar-refractivity contribution in [2.24, 2.45) is 7.05 Å². The number of rotatable bonds is 7. The lowest BCUT2D eigenvalue weighted by Gasteiger charge is -2.08. The number of para-hydroxylation sites is 2. The molecule has 31 heavy (non-hydrogen) atoms. The number of nitrogens with one attached hydrogen (secondary N) is 2. The number of hydrazine groups is 1. The zero-order valence-corrected chi connectivity index (χ0v) is 18.7. The lowest BCUT2D eigenvalue weighted by atomic mass is 10.3. The second-order valence-corrected chi connectivity index (χ2v) is 8.56. The molecule has 3 heterocycles. The zero-order valence-electron chi connectivity index (χ0n) is 17.0.